The van der Waals surface area contributed by atoms with Gasteiger partial charge in [-0.3, -0.25) is 19.9 Å². The molecule has 0 bridgehead atoms. The molecule has 1 fully saturated rings. The Hall–Kier alpha value is -2.26. The molecule has 2 heterocycles. The number of nitrogens with one attached hydrogen (secondary N) is 1. The number of nitrogens with zero attached hydrogens (tertiary/aromatic N) is 3. The molecule has 2 aliphatic heterocycles. The lowest BCUT2D eigenvalue weighted by molar-refractivity contribution is -0.119. The summed E-state index contributed by atoms with van der Waals surface area (Å²) in [6.45, 7) is 6.11. The van der Waals surface area contributed by atoms with Crippen molar-refractivity contribution in [3.8, 4) is 0 Å². The van der Waals surface area contributed by atoms with Crippen LogP contribution in [0.25, 0.3) is 0 Å². The van der Waals surface area contributed by atoms with Gasteiger partial charge in [0.15, 0.2) is 0 Å². The van der Waals surface area contributed by atoms with E-state index in [2.05, 4.69) is 22.2 Å². The van der Waals surface area contributed by atoms with Gasteiger partial charge in [0.25, 0.3) is 0 Å². The van der Waals surface area contributed by atoms with Crippen LogP contribution in [0.1, 0.15) is 6.92 Å². The molecule has 2 aromatic carbocycles. The molecule has 1 N–H and O–H groups in total. The van der Waals surface area contributed by atoms with E-state index in [1.54, 1.807) is 23.6 Å². The summed E-state index contributed by atoms with van der Waals surface area (Å²) in [6, 6.07) is 13.5. The second-order valence-corrected chi connectivity index (χ2v) is 8.49. The lowest BCUT2D eigenvalue weighted by Crippen LogP contribution is -3.00. The average Bonchev–Trinajstić information content (AvgIpc) is 2.73. The van der Waals surface area contributed by atoms with Crippen LogP contribution in [0.3, 0.4) is 0 Å². The van der Waals surface area contributed by atoms with Gasteiger partial charge in [0.05, 0.1) is 24.5 Å². The van der Waals surface area contributed by atoms with Gasteiger partial charge < -0.3 is 22.0 Å². The topological polar surface area (TPSA) is 65.1 Å². The summed E-state index contributed by atoms with van der Waals surface area (Å²) in [5.41, 5.74) is 2.26. The molecular formula is C22H26ClN4O3S-. The van der Waals surface area contributed by atoms with Crippen molar-refractivity contribution in [1.82, 2.24) is 9.80 Å². The number of rotatable bonds is 4. The number of likely N-dealkylation sites (N-methyl/N-ethyl adjacent to an activating group) is 1. The minimum absolute atomic E-state index is 0. The highest BCUT2D eigenvalue weighted by Gasteiger charge is 2.30. The molecule has 0 aliphatic carbocycles. The van der Waals surface area contributed by atoms with Gasteiger partial charge in [-0.1, -0.05) is 23.9 Å². The Labute approximate surface area is 193 Å². The number of fused-ring (bicyclic) bond motifs is 2. The molecule has 0 spiro atoms. The number of hydrogen-bond acceptors (Lipinski definition) is 6. The Bertz CT molecular complexity index is 950. The SMILES string of the molecule is CCOC(=O)Nc1ccc2c(c1)N(C(=O)CN1CCN(C)CC1)c1ccccc1S2.[Cl-]. The quantitative estimate of drug-likeness (QED) is 0.720. The van der Waals surface area contributed by atoms with Crippen molar-refractivity contribution >= 4 is 40.8 Å². The molecule has 31 heavy (non-hydrogen) atoms. The molecule has 0 atom stereocenters. The fourth-order valence-electron chi connectivity index (χ4n) is 3.65. The lowest BCUT2D eigenvalue weighted by Gasteiger charge is -2.35. The van der Waals surface area contributed by atoms with E-state index in [9.17, 15) is 9.59 Å². The summed E-state index contributed by atoms with van der Waals surface area (Å²) in [4.78, 5) is 33.6. The van der Waals surface area contributed by atoms with Crippen LogP contribution in [0.15, 0.2) is 52.3 Å². The first-order chi connectivity index (χ1) is 14.5. The van der Waals surface area contributed by atoms with Crippen LogP contribution in [0, 0.1) is 0 Å². The molecule has 166 valence electrons. The molecule has 7 nitrogen and oxygen atoms in total. The first-order valence-corrected chi connectivity index (χ1v) is 11.0. The Balaban J connectivity index is 0.00000272. The number of carbonyl (C=O) groups is 2. The molecule has 9 heteroatoms. The zero-order chi connectivity index (χ0) is 21.1. The molecule has 0 saturated carbocycles. The maximum Gasteiger partial charge on any atom is 0.411 e. The second kappa shape index (κ2) is 10.4. The molecule has 0 aromatic heterocycles. The summed E-state index contributed by atoms with van der Waals surface area (Å²) in [7, 11) is 2.10. The third kappa shape index (κ3) is 5.33. The average molecular weight is 462 g/mol. The monoisotopic (exact) mass is 461 g/mol. The van der Waals surface area contributed by atoms with E-state index in [-0.39, 0.29) is 18.3 Å². The highest BCUT2D eigenvalue weighted by atomic mass is 35.5. The predicted octanol–water partition coefficient (Wildman–Crippen LogP) is 0.636. The van der Waals surface area contributed by atoms with Crippen molar-refractivity contribution in [2.45, 2.75) is 16.7 Å². The van der Waals surface area contributed by atoms with Gasteiger partial charge in [-0.15, -0.1) is 0 Å². The summed E-state index contributed by atoms with van der Waals surface area (Å²) in [5.74, 6) is 0.0295. The molecule has 0 unspecified atom stereocenters. The molecule has 2 aliphatic rings. The minimum atomic E-state index is -0.503. The summed E-state index contributed by atoms with van der Waals surface area (Å²) >= 11 is 1.63. The largest absolute Gasteiger partial charge is 1.00 e. The van der Waals surface area contributed by atoms with Gasteiger partial charge in [0.2, 0.25) is 5.91 Å². The third-order valence-electron chi connectivity index (χ3n) is 5.25. The second-order valence-electron chi connectivity index (χ2n) is 7.41. The maximum atomic E-state index is 13.5. The normalized spacial score (nSPS) is 16.0. The molecule has 2 amide bonds. The number of anilines is 3. The van der Waals surface area contributed by atoms with Gasteiger partial charge in [0, 0.05) is 41.7 Å². The van der Waals surface area contributed by atoms with Crippen molar-refractivity contribution in [1.29, 1.82) is 0 Å². The Kier molecular flexibility index (Phi) is 7.83. The van der Waals surface area contributed by atoms with Crippen LogP contribution in [-0.4, -0.2) is 68.2 Å². The first kappa shape index (κ1) is 23.4. The van der Waals surface area contributed by atoms with Gasteiger partial charge in [-0.25, -0.2) is 4.79 Å². The van der Waals surface area contributed by atoms with Crippen molar-refractivity contribution < 1.29 is 26.7 Å². The number of halogens is 1. The molecule has 2 aromatic rings. The van der Waals surface area contributed by atoms with E-state index in [0.29, 0.717) is 18.8 Å². The Morgan fingerprint density at radius 3 is 2.48 bits per heavy atom. The van der Waals surface area contributed by atoms with E-state index < -0.39 is 6.09 Å². The fourth-order valence-corrected chi connectivity index (χ4v) is 4.69. The highest BCUT2D eigenvalue weighted by molar-refractivity contribution is 7.99. The molecule has 1 saturated heterocycles. The summed E-state index contributed by atoms with van der Waals surface area (Å²) < 4.78 is 4.98. The van der Waals surface area contributed by atoms with Crippen molar-refractivity contribution in [2.24, 2.45) is 0 Å². The smallest absolute Gasteiger partial charge is 0.411 e. The minimum Gasteiger partial charge on any atom is -1.00 e. The van der Waals surface area contributed by atoms with Crippen LogP contribution in [-0.2, 0) is 9.53 Å². The molecule has 0 radical (unpaired) electrons. The number of piperazine rings is 1. The Morgan fingerprint density at radius 2 is 1.74 bits per heavy atom. The van der Waals surface area contributed by atoms with Crippen molar-refractivity contribution in [3.63, 3.8) is 0 Å². The number of hydrogen-bond donors (Lipinski definition) is 1. The predicted molar refractivity (Wildman–Crippen MR) is 119 cm³/mol. The number of ether oxygens (including phenoxy) is 1. The zero-order valence-corrected chi connectivity index (χ0v) is 19.2. The zero-order valence-electron chi connectivity index (χ0n) is 17.6. The van der Waals surface area contributed by atoms with Gasteiger partial charge in [0.1, 0.15) is 0 Å². The Morgan fingerprint density at radius 1 is 1.03 bits per heavy atom. The summed E-state index contributed by atoms with van der Waals surface area (Å²) in [6.07, 6.45) is -0.503. The van der Waals surface area contributed by atoms with Crippen LogP contribution >= 0.6 is 11.8 Å². The van der Waals surface area contributed by atoms with E-state index in [0.717, 1.165) is 47.3 Å². The number of carbonyl (C=O) groups excluding carboxylic acids is 2. The van der Waals surface area contributed by atoms with E-state index in [1.807, 2.05) is 42.5 Å². The van der Waals surface area contributed by atoms with Crippen molar-refractivity contribution in [3.05, 3.63) is 42.5 Å². The van der Waals surface area contributed by atoms with Gasteiger partial charge in [-0.05, 0) is 44.3 Å². The van der Waals surface area contributed by atoms with Crippen LogP contribution in [0.4, 0.5) is 21.9 Å². The van der Waals surface area contributed by atoms with Crippen LogP contribution in [0.2, 0.25) is 0 Å². The number of amides is 2. The lowest BCUT2D eigenvalue weighted by atomic mass is 10.2. The van der Waals surface area contributed by atoms with E-state index in [1.165, 1.54) is 0 Å². The van der Waals surface area contributed by atoms with Crippen molar-refractivity contribution in [2.75, 3.05) is 56.6 Å². The third-order valence-corrected chi connectivity index (χ3v) is 6.38. The first-order valence-electron chi connectivity index (χ1n) is 10.1. The van der Waals surface area contributed by atoms with Crippen LogP contribution < -0.4 is 22.6 Å². The van der Waals surface area contributed by atoms with Crippen LogP contribution in [0.5, 0.6) is 0 Å². The number of benzene rings is 2. The maximum absolute atomic E-state index is 13.5. The van der Waals surface area contributed by atoms with E-state index >= 15 is 0 Å². The van der Waals surface area contributed by atoms with Gasteiger partial charge in [-0.2, -0.15) is 0 Å². The fraction of sp³-hybridized carbons (Fsp3) is 0.364. The standard InChI is InChI=1S/C22H26N4O3S.ClH/c1-3-29-22(28)23-16-8-9-20-18(14-16)26(17-6-4-5-7-19(17)30-20)21(27)15-25-12-10-24(2)11-13-25;/h4-9,14H,3,10-13,15H2,1-2H3,(H,23,28);1H/p-1. The highest BCUT2D eigenvalue weighted by Crippen LogP contribution is 2.48. The molecule has 4 rings (SSSR count). The number of para-hydroxylation sites is 1. The van der Waals surface area contributed by atoms with E-state index in [4.69, 9.17) is 4.74 Å². The summed E-state index contributed by atoms with van der Waals surface area (Å²) in [5, 5.41) is 2.74. The molecular weight excluding hydrogens is 436 g/mol. The van der Waals surface area contributed by atoms with Gasteiger partial charge >= 0.3 is 6.09 Å².